The summed E-state index contributed by atoms with van der Waals surface area (Å²) in [6, 6.07) is 8.33. The topological polar surface area (TPSA) is 35.5 Å². The summed E-state index contributed by atoms with van der Waals surface area (Å²) >= 11 is 0. The quantitative estimate of drug-likeness (QED) is 0.812. The average molecular weight is 250 g/mol. The van der Waals surface area contributed by atoms with Gasteiger partial charge in [-0.2, -0.15) is 0 Å². The normalized spacial score (nSPS) is 14.6. The number of anilines is 1. The van der Waals surface area contributed by atoms with Gasteiger partial charge in [0.05, 0.1) is 12.1 Å². The molecule has 0 radical (unpaired) electrons. The monoisotopic (exact) mass is 250 g/mol. The van der Waals surface area contributed by atoms with Crippen LogP contribution in [-0.4, -0.2) is 32.4 Å². The van der Waals surface area contributed by atoms with Gasteiger partial charge in [-0.15, -0.1) is 0 Å². The van der Waals surface area contributed by atoms with Crippen LogP contribution in [0, 0.1) is 5.92 Å². The van der Waals surface area contributed by atoms with E-state index in [4.69, 9.17) is 0 Å². The van der Waals surface area contributed by atoms with Crippen LogP contribution in [0.25, 0.3) is 0 Å². The molecule has 3 nitrogen and oxygen atoms in total. The first kappa shape index (κ1) is 15.0. The number of rotatable bonds is 6. The second-order valence-electron chi connectivity index (χ2n) is 5.71. The lowest BCUT2D eigenvalue weighted by Crippen LogP contribution is -2.44. The summed E-state index contributed by atoms with van der Waals surface area (Å²) in [5.74, 6) is 0.567. The molecule has 0 saturated carbocycles. The van der Waals surface area contributed by atoms with Crippen molar-refractivity contribution in [2.45, 2.75) is 26.3 Å². The molecule has 0 aliphatic heterocycles. The van der Waals surface area contributed by atoms with Crippen molar-refractivity contribution in [2.24, 2.45) is 5.92 Å². The minimum absolute atomic E-state index is 0.0982. The highest BCUT2D eigenvalue weighted by Gasteiger charge is 2.25. The van der Waals surface area contributed by atoms with Crippen molar-refractivity contribution >= 4 is 5.69 Å². The minimum atomic E-state index is -0.366. The van der Waals surface area contributed by atoms with Gasteiger partial charge in [0.15, 0.2) is 0 Å². The van der Waals surface area contributed by atoms with E-state index < -0.39 is 0 Å². The fourth-order valence-electron chi connectivity index (χ4n) is 1.81. The molecule has 0 spiro atoms. The molecule has 3 heteroatoms. The molecule has 0 saturated heterocycles. The van der Waals surface area contributed by atoms with Crippen LogP contribution in [0.3, 0.4) is 0 Å². The number of aliphatic hydroxyl groups is 1. The van der Waals surface area contributed by atoms with Crippen LogP contribution in [0.2, 0.25) is 0 Å². The number of nitrogens with zero attached hydrogens (tertiary/aromatic N) is 1. The number of aliphatic hydroxyl groups excluding tert-OH is 1. The summed E-state index contributed by atoms with van der Waals surface area (Å²) in [5, 5.41) is 13.1. The Hall–Kier alpha value is -1.06. The fraction of sp³-hybridized carbons (Fsp3) is 0.600. The first-order valence-corrected chi connectivity index (χ1v) is 6.53. The number of benzene rings is 1. The first-order valence-electron chi connectivity index (χ1n) is 6.53. The number of nitrogens with one attached hydrogen (secondary N) is 1. The van der Waals surface area contributed by atoms with Crippen LogP contribution in [0.1, 0.15) is 26.3 Å². The van der Waals surface area contributed by atoms with E-state index in [1.165, 1.54) is 5.69 Å². The van der Waals surface area contributed by atoms with Crippen LogP contribution in [0.4, 0.5) is 5.69 Å². The number of hydrogen-bond acceptors (Lipinski definition) is 3. The summed E-state index contributed by atoms with van der Waals surface area (Å²) < 4.78 is 0. The third-order valence-electron chi connectivity index (χ3n) is 3.24. The third-order valence-corrected chi connectivity index (χ3v) is 3.24. The summed E-state index contributed by atoms with van der Waals surface area (Å²) in [4.78, 5) is 2.07. The van der Waals surface area contributed by atoms with Crippen LogP contribution in [-0.2, 0) is 5.54 Å². The molecule has 0 bridgehead atoms. The molecule has 0 fully saturated rings. The van der Waals surface area contributed by atoms with Gasteiger partial charge in [0.25, 0.3) is 0 Å². The molecule has 0 heterocycles. The van der Waals surface area contributed by atoms with Gasteiger partial charge >= 0.3 is 0 Å². The molecule has 1 aromatic rings. The zero-order valence-corrected chi connectivity index (χ0v) is 12.2. The Morgan fingerprint density at radius 3 is 2.17 bits per heavy atom. The summed E-state index contributed by atoms with van der Waals surface area (Å²) in [5.41, 5.74) is 1.92. The highest BCUT2D eigenvalue weighted by atomic mass is 16.3. The highest BCUT2D eigenvalue weighted by Crippen LogP contribution is 2.23. The molecule has 0 aromatic heterocycles. The van der Waals surface area contributed by atoms with E-state index in [-0.39, 0.29) is 12.1 Å². The average Bonchev–Trinajstić information content (AvgIpc) is 2.36. The summed E-state index contributed by atoms with van der Waals surface area (Å²) in [6.07, 6.45) is 0. The smallest absolute Gasteiger partial charge is 0.0652 e. The Bertz CT molecular complexity index is 359. The Kier molecular flexibility index (Phi) is 5.17. The summed E-state index contributed by atoms with van der Waals surface area (Å²) in [7, 11) is 4.05. The van der Waals surface area contributed by atoms with E-state index in [2.05, 4.69) is 48.3 Å². The van der Waals surface area contributed by atoms with Crippen molar-refractivity contribution in [3.63, 3.8) is 0 Å². The van der Waals surface area contributed by atoms with Crippen molar-refractivity contribution < 1.29 is 5.11 Å². The molecule has 1 unspecified atom stereocenters. The Morgan fingerprint density at radius 2 is 1.78 bits per heavy atom. The second-order valence-corrected chi connectivity index (χ2v) is 5.71. The van der Waals surface area contributed by atoms with Crippen molar-refractivity contribution in [3.8, 4) is 0 Å². The molecule has 2 N–H and O–H groups in total. The molecule has 0 aliphatic rings. The molecular formula is C15H26N2O. The Morgan fingerprint density at radius 1 is 1.22 bits per heavy atom. The third kappa shape index (κ3) is 3.72. The maximum Gasteiger partial charge on any atom is 0.0652 e. The largest absolute Gasteiger partial charge is 0.394 e. The van der Waals surface area contributed by atoms with Gasteiger partial charge in [0.2, 0.25) is 0 Å². The van der Waals surface area contributed by atoms with E-state index in [1.54, 1.807) is 0 Å². The zero-order chi connectivity index (χ0) is 13.8. The van der Waals surface area contributed by atoms with Crippen molar-refractivity contribution in [1.29, 1.82) is 0 Å². The predicted octanol–water partition coefficient (Wildman–Crippen LogP) is 2.21. The van der Waals surface area contributed by atoms with Gasteiger partial charge in [-0.05, 0) is 37.1 Å². The molecule has 1 aromatic carbocycles. The maximum atomic E-state index is 9.66. The summed E-state index contributed by atoms with van der Waals surface area (Å²) in [6.45, 7) is 7.37. The van der Waals surface area contributed by atoms with Gasteiger partial charge in [0, 0.05) is 19.8 Å². The van der Waals surface area contributed by atoms with E-state index in [0.717, 1.165) is 12.1 Å². The van der Waals surface area contributed by atoms with E-state index in [9.17, 15) is 5.11 Å². The van der Waals surface area contributed by atoms with Crippen LogP contribution < -0.4 is 10.2 Å². The van der Waals surface area contributed by atoms with Crippen LogP contribution >= 0.6 is 0 Å². The molecule has 0 aliphatic carbocycles. The highest BCUT2D eigenvalue weighted by molar-refractivity contribution is 5.47. The van der Waals surface area contributed by atoms with Gasteiger partial charge < -0.3 is 15.3 Å². The van der Waals surface area contributed by atoms with Gasteiger partial charge in [0.1, 0.15) is 0 Å². The van der Waals surface area contributed by atoms with Gasteiger partial charge in [-0.1, -0.05) is 26.0 Å². The minimum Gasteiger partial charge on any atom is -0.394 e. The molecule has 18 heavy (non-hydrogen) atoms. The van der Waals surface area contributed by atoms with Crippen molar-refractivity contribution in [2.75, 3.05) is 32.1 Å². The zero-order valence-electron chi connectivity index (χ0n) is 12.2. The lowest BCUT2D eigenvalue weighted by atomic mass is 9.92. The Balaban J connectivity index is 2.86. The van der Waals surface area contributed by atoms with E-state index >= 15 is 0 Å². The number of hydrogen-bond donors (Lipinski definition) is 2. The second kappa shape index (κ2) is 6.21. The predicted molar refractivity (Wildman–Crippen MR) is 78.0 cm³/mol. The van der Waals surface area contributed by atoms with Crippen LogP contribution in [0.15, 0.2) is 24.3 Å². The van der Waals surface area contributed by atoms with E-state index in [0.29, 0.717) is 5.92 Å². The molecule has 102 valence electrons. The Labute approximate surface area is 111 Å². The van der Waals surface area contributed by atoms with Crippen molar-refractivity contribution in [1.82, 2.24) is 5.32 Å². The van der Waals surface area contributed by atoms with Gasteiger partial charge in [-0.3, -0.25) is 0 Å². The molecular weight excluding hydrogens is 224 g/mol. The fourth-order valence-corrected chi connectivity index (χ4v) is 1.81. The van der Waals surface area contributed by atoms with Gasteiger partial charge in [-0.25, -0.2) is 0 Å². The molecule has 1 rings (SSSR count). The molecule has 1 atom stereocenters. The van der Waals surface area contributed by atoms with E-state index in [1.807, 2.05) is 21.0 Å². The SMILES string of the molecule is CC(C)CNC(C)(CO)c1ccc(N(C)C)cc1. The maximum absolute atomic E-state index is 9.66. The molecule has 0 amide bonds. The lowest BCUT2D eigenvalue weighted by Gasteiger charge is -2.31. The first-order chi connectivity index (χ1) is 8.39. The standard InChI is InChI=1S/C15H26N2O/c1-12(2)10-16-15(3,11-18)13-6-8-14(9-7-13)17(4)5/h6-9,12,16,18H,10-11H2,1-5H3. The van der Waals surface area contributed by atoms with Crippen molar-refractivity contribution in [3.05, 3.63) is 29.8 Å². The lowest BCUT2D eigenvalue weighted by molar-refractivity contribution is 0.171. The van der Waals surface area contributed by atoms with Crippen LogP contribution in [0.5, 0.6) is 0 Å².